The average Bonchev–Trinajstić information content (AvgIpc) is 2.55. The lowest BCUT2D eigenvalue weighted by atomic mass is 10.1. The zero-order chi connectivity index (χ0) is 19.3. The van der Waals surface area contributed by atoms with Gasteiger partial charge in [0.25, 0.3) is 0 Å². The van der Waals surface area contributed by atoms with E-state index in [0.717, 1.165) is 20.4 Å². The molecule has 2 aromatic rings. The van der Waals surface area contributed by atoms with Crippen molar-refractivity contribution in [3.63, 3.8) is 0 Å². The topological polar surface area (TPSA) is 66.5 Å². The number of sulfonamides is 1. The second-order valence-electron chi connectivity index (χ2n) is 6.28. The van der Waals surface area contributed by atoms with Crippen molar-refractivity contribution in [1.29, 1.82) is 0 Å². The first-order chi connectivity index (χ1) is 12.2. The number of nitrogens with zero attached hydrogens (tertiary/aromatic N) is 1. The van der Waals surface area contributed by atoms with Gasteiger partial charge in [0.05, 0.1) is 11.9 Å². The molecule has 5 nitrogen and oxygen atoms in total. The van der Waals surface area contributed by atoms with Crippen LogP contribution in [0.2, 0.25) is 0 Å². The maximum atomic E-state index is 12.2. The smallest absolute Gasteiger partial charge is 0.232 e. The number of carbonyl (C=O) groups is 1. The van der Waals surface area contributed by atoms with Crippen molar-refractivity contribution in [3.8, 4) is 0 Å². The SMILES string of the molecule is Cc1ccc(C)c(N(CCCC(=O)Nc2ccc(I)cc2)S(C)(=O)=O)c1. The summed E-state index contributed by atoms with van der Waals surface area (Å²) in [6.45, 7) is 4.08. The fourth-order valence-corrected chi connectivity index (χ4v) is 3.97. The van der Waals surface area contributed by atoms with E-state index in [2.05, 4.69) is 27.9 Å². The van der Waals surface area contributed by atoms with Crippen molar-refractivity contribution in [2.45, 2.75) is 26.7 Å². The van der Waals surface area contributed by atoms with Crippen molar-refractivity contribution >= 4 is 49.9 Å². The molecule has 0 aromatic heterocycles. The fraction of sp³-hybridized carbons (Fsp3) is 0.316. The van der Waals surface area contributed by atoms with Gasteiger partial charge in [-0.3, -0.25) is 9.10 Å². The van der Waals surface area contributed by atoms with Gasteiger partial charge in [0.15, 0.2) is 0 Å². The van der Waals surface area contributed by atoms with Crippen molar-refractivity contribution in [3.05, 3.63) is 57.2 Å². The summed E-state index contributed by atoms with van der Waals surface area (Å²) in [4.78, 5) is 12.1. The van der Waals surface area contributed by atoms with Crippen LogP contribution in [-0.2, 0) is 14.8 Å². The molecule has 0 saturated carbocycles. The lowest BCUT2D eigenvalue weighted by molar-refractivity contribution is -0.116. The van der Waals surface area contributed by atoms with Gasteiger partial charge < -0.3 is 5.32 Å². The number of halogens is 1. The number of carbonyl (C=O) groups excluding carboxylic acids is 1. The monoisotopic (exact) mass is 486 g/mol. The molecule has 0 bridgehead atoms. The summed E-state index contributed by atoms with van der Waals surface area (Å²) in [7, 11) is -3.42. The fourth-order valence-electron chi connectivity index (χ4n) is 2.59. The summed E-state index contributed by atoms with van der Waals surface area (Å²) in [6, 6.07) is 13.3. The van der Waals surface area contributed by atoms with Crippen LogP contribution in [0.15, 0.2) is 42.5 Å². The van der Waals surface area contributed by atoms with Crippen LogP contribution < -0.4 is 9.62 Å². The molecule has 0 spiro atoms. The van der Waals surface area contributed by atoms with Gasteiger partial charge in [0.1, 0.15) is 0 Å². The molecule has 0 saturated heterocycles. The highest BCUT2D eigenvalue weighted by molar-refractivity contribution is 14.1. The molecule has 26 heavy (non-hydrogen) atoms. The summed E-state index contributed by atoms with van der Waals surface area (Å²) in [6.07, 6.45) is 1.89. The van der Waals surface area contributed by atoms with Crippen LogP contribution in [0, 0.1) is 17.4 Å². The minimum Gasteiger partial charge on any atom is -0.326 e. The molecule has 1 N–H and O–H groups in total. The van der Waals surface area contributed by atoms with Crippen molar-refractivity contribution in [2.24, 2.45) is 0 Å². The molecule has 2 aromatic carbocycles. The van der Waals surface area contributed by atoms with E-state index in [4.69, 9.17) is 0 Å². The van der Waals surface area contributed by atoms with Crippen LogP contribution in [0.3, 0.4) is 0 Å². The number of anilines is 2. The van der Waals surface area contributed by atoms with E-state index < -0.39 is 10.0 Å². The van der Waals surface area contributed by atoms with Crippen LogP contribution in [0.4, 0.5) is 11.4 Å². The maximum absolute atomic E-state index is 12.2. The minimum absolute atomic E-state index is 0.124. The van der Waals surface area contributed by atoms with Crippen LogP contribution in [0.5, 0.6) is 0 Å². The Morgan fingerprint density at radius 1 is 1.12 bits per heavy atom. The largest absolute Gasteiger partial charge is 0.326 e. The Labute approximate surface area is 169 Å². The van der Waals surface area contributed by atoms with Crippen molar-refractivity contribution in [2.75, 3.05) is 22.4 Å². The van der Waals surface area contributed by atoms with Crippen molar-refractivity contribution in [1.82, 2.24) is 0 Å². The van der Waals surface area contributed by atoms with Gasteiger partial charge in [-0.15, -0.1) is 0 Å². The van der Waals surface area contributed by atoms with Gasteiger partial charge in [0.2, 0.25) is 15.9 Å². The third kappa shape index (κ3) is 5.98. The zero-order valence-corrected chi connectivity index (χ0v) is 18.1. The highest BCUT2D eigenvalue weighted by atomic mass is 127. The predicted molar refractivity (Wildman–Crippen MR) is 115 cm³/mol. The van der Waals surface area contributed by atoms with Crippen LogP contribution in [-0.4, -0.2) is 27.1 Å². The quantitative estimate of drug-likeness (QED) is 0.600. The van der Waals surface area contributed by atoms with Crippen LogP contribution >= 0.6 is 22.6 Å². The average molecular weight is 486 g/mol. The highest BCUT2D eigenvalue weighted by Gasteiger charge is 2.19. The Hall–Kier alpha value is -1.61. The summed E-state index contributed by atoms with van der Waals surface area (Å²) < 4.78 is 26.9. The van der Waals surface area contributed by atoms with Gasteiger partial charge in [0, 0.05) is 22.2 Å². The Morgan fingerprint density at radius 3 is 2.38 bits per heavy atom. The van der Waals surface area contributed by atoms with E-state index in [1.54, 1.807) is 0 Å². The molecule has 7 heteroatoms. The lowest BCUT2D eigenvalue weighted by Crippen LogP contribution is -2.32. The molecule has 0 unspecified atom stereocenters. The zero-order valence-electron chi connectivity index (χ0n) is 15.1. The number of amides is 1. The van der Waals surface area contributed by atoms with E-state index in [1.165, 1.54) is 10.6 Å². The van der Waals surface area contributed by atoms with E-state index in [9.17, 15) is 13.2 Å². The highest BCUT2D eigenvalue weighted by Crippen LogP contribution is 2.24. The molecular weight excluding hydrogens is 463 g/mol. The van der Waals surface area contributed by atoms with Gasteiger partial charge in [-0.1, -0.05) is 12.1 Å². The molecule has 0 fully saturated rings. The number of nitrogens with one attached hydrogen (secondary N) is 1. The number of benzene rings is 2. The Bertz CT molecular complexity index is 880. The van der Waals surface area contributed by atoms with E-state index in [1.807, 2.05) is 56.3 Å². The summed E-state index contributed by atoms with van der Waals surface area (Å²) in [5.74, 6) is -0.124. The third-order valence-electron chi connectivity index (χ3n) is 3.93. The first kappa shape index (κ1) is 20.7. The number of rotatable bonds is 7. The molecular formula is C19H23IN2O3S. The molecule has 0 radical (unpaired) electrons. The molecule has 0 atom stereocenters. The standard InChI is InChI=1S/C19H23IN2O3S/c1-14-6-7-15(2)18(13-14)22(26(3,24)25)12-4-5-19(23)21-17-10-8-16(20)9-11-17/h6-11,13H,4-5,12H2,1-3H3,(H,21,23). The number of hydrogen-bond acceptors (Lipinski definition) is 3. The second-order valence-corrected chi connectivity index (χ2v) is 9.44. The molecule has 1 amide bonds. The molecule has 140 valence electrons. The van der Waals surface area contributed by atoms with E-state index >= 15 is 0 Å². The summed E-state index contributed by atoms with van der Waals surface area (Å²) in [5, 5.41) is 2.83. The first-order valence-corrected chi connectivity index (χ1v) is 11.2. The van der Waals surface area contributed by atoms with Gasteiger partial charge in [-0.05, 0) is 84.3 Å². The Kier molecular flexibility index (Phi) is 7.05. The molecule has 0 aliphatic rings. The third-order valence-corrected chi connectivity index (χ3v) is 5.83. The second kappa shape index (κ2) is 8.85. The van der Waals surface area contributed by atoms with E-state index in [-0.39, 0.29) is 18.9 Å². The molecule has 0 heterocycles. The summed E-state index contributed by atoms with van der Waals surface area (Å²) in [5.41, 5.74) is 3.30. The molecule has 0 aliphatic heterocycles. The normalized spacial score (nSPS) is 11.2. The predicted octanol–water partition coefficient (Wildman–Crippen LogP) is 4.09. The van der Waals surface area contributed by atoms with Crippen LogP contribution in [0.25, 0.3) is 0 Å². The van der Waals surface area contributed by atoms with Crippen LogP contribution in [0.1, 0.15) is 24.0 Å². The van der Waals surface area contributed by atoms with Gasteiger partial charge >= 0.3 is 0 Å². The molecule has 0 aliphatic carbocycles. The first-order valence-electron chi connectivity index (χ1n) is 8.27. The lowest BCUT2D eigenvalue weighted by Gasteiger charge is -2.24. The van der Waals surface area contributed by atoms with Crippen molar-refractivity contribution < 1.29 is 13.2 Å². The Balaban J connectivity index is 2.01. The van der Waals surface area contributed by atoms with E-state index in [0.29, 0.717) is 12.1 Å². The number of aryl methyl sites for hydroxylation is 2. The Morgan fingerprint density at radius 2 is 1.77 bits per heavy atom. The summed E-state index contributed by atoms with van der Waals surface area (Å²) >= 11 is 2.20. The number of hydrogen-bond donors (Lipinski definition) is 1. The van der Waals surface area contributed by atoms with Gasteiger partial charge in [-0.2, -0.15) is 0 Å². The maximum Gasteiger partial charge on any atom is 0.232 e. The molecule has 2 rings (SSSR count). The van der Waals surface area contributed by atoms with Gasteiger partial charge in [-0.25, -0.2) is 8.42 Å². The minimum atomic E-state index is -3.42.